The molecule has 0 fully saturated rings. The van der Waals surface area contributed by atoms with Crippen molar-refractivity contribution in [3.05, 3.63) is 29.1 Å². The van der Waals surface area contributed by atoms with E-state index in [9.17, 15) is 4.39 Å². The molecule has 0 aromatic carbocycles. The fraction of sp³-hybridized carbons (Fsp3) is 0.222. The van der Waals surface area contributed by atoms with E-state index in [4.69, 9.17) is 11.6 Å². The Morgan fingerprint density at radius 2 is 2.38 bits per heavy atom. The molecular weight excluding hydrogens is 233 g/mol. The molecule has 0 spiro atoms. The van der Waals surface area contributed by atoms with Gasteiger partial charge in [-0.2, -0.15) is 10.1 Å². The molecule has 2 heterocycles. The van der Waals surface area contributed by atoms with Crippen molar-refractivity contribution in [2.45, 2.75) is 13.3 Å². The topological polar surface area (TPSA) is 66.5 Å². The number of aromatic nitrogens is 4. The van der Waals surface area contributed by atoms with Crippen molar-refractivity contribution in [3.8, 4) is 0 Å². The van der Waals surface area contributed by atoms with Gasteiger partial charge in [0.05, 0.1) is 6.20 Å². The number of halogens is 2. The Morgan fingerprint density at radius 3 is 3.06 bits per heavy atom. The van der Waals surface area contributed by atoms with Crippen LogP contribution in [-0.2, 0) is 6.42 Å². The van der Waals surface area contributed by atoms with Gasteiger partial charge in [0.25, 0.3) is 0 Å². The summed E-state index contributed by atoms with van der Waals surface area (Å²) in [4.78, 5) is 7.23. The first-order chi connectivity index (χ1) is 7.69. The van der Waals surface area contributed by atoms with E-state index >= 15 is 0 Å². The van der Waals surface area contributed by atoms with E-state index < -0.39 is 5.82 Å². The quantitative estimate of drug-likeness (QED) is 0.810. The summed E-state index contributed by atoms with van der Waals surface area (Å²) >= 11 is 5.56. The number of aromatic amines is 1. The zero-order valence-corrected chi connectivity index (χ0v) is 9.22. The first-order valence-electron chi connectivity index (χ1n) is 4.68. The molecule has 0 atom stereocenters. The predicted molar refractivity (Wildman–Crippen MR) is 58.2 cm³/mol. The standard InChI is InChI=1S/C9H9ClFN5/c1-2-5-3-7(16-15-5)13-8-6(11)4-12-9(10)14-8/h3-4H,2H2,1H3,(H2,12,13,14,15,16). The number of hydrogen-bond acceptors (Lipinski definition) is 4. The lowest BCUT2D eigenvalue weighted by molar-refractivity contribution is 0.618. The van der Waals surface area contributed by atoms with Crippen LogP contribution in [-0.4, -0.2) is 20.2 Å². The van der Waals surface area contributed by atoms with Crippen LogP contribution in [0.3, 0.4) is 0 Å². The second-order valence-electron chi connectivity index (χ2n) is 3.09. The molecule has 0 saturated carbocycles. The first kappa shape index (κ1) is 10.8. The molecule has 0 bridgehead atoms. The molecule has 0 saturated heterocycles. The SMILES string of the molecule is CCc1cc(Nc2nc(Cl)ncc2F)n[nH]1. The van der Waals surface area contributed by atoms with Gasteiger partial charge >= 0.3 is 0 Å². The Kier molecular flexibility index (Phi) is 3.00. The van der Waals surface area contributed by atoms with Gasteiger partial charge in [0.1, 0.15) is 0 Å². The minimum Gasteiger partial charge on any atom is -0.321 e. The van der Waals surface area contributed by atoms with Crippen LogP contribution in [0.4, 0.5) is 16.0 Å². The molecule has 2 N–H and O–H groups in total. The number of nitrogens with one attached hydrogen (secondary N) is 2. The lowest BCUT2D eigenvalue weighted by Crippen LogP contribution is -1.98. The zero-order chi connectivity index (χ0) is 11.5. The molecule has 84 valence electrons. The van der Waals surface area contributed by atoms with Crippen molar-refractivity contribution in [1.29, 1.82) is 0 Å². The highest BCUT2D eigenvalue weighted by molar-refractivity contribution is 6.28. The van der Waals surface area contributed by atoms with Gasteiger partial charge < -0.3 is 5.32 Å². The molecule has 2 rings (SSSR count). The maximum atomic E-state index is 13.3. The van der Waals surface area contributed by atoms with Gasteiger partial charge in [-0.25, -0.2) is 9.37 Å². The van der Waals surface area contributed by atoms with Gasteiger partial charge in [0.2, 0.25) is 5.28 Å². The molecule has 0 unspecified atom stereocenters. The van der Waals surface area contributed by atoms with Crippen molar-refractivity contribution in [3.63, 3.8) is 0 Å². The highest BCUT2D eigenvalue weighted by Gasteiger charge is 2.07. The van der Waals surface area contributed by atoms with E-state index in [1.54, 1.807) is 6.07 Å². The predicted octanol–water partition coefficient (Wildman–Crippen LogP) is 2.30. The molecule has 0 aliphatic carbocycles. The van der Waals surface area contributed by atoms with Crippen LogP contribution in [0, 0.1) is 5.82 Å². The Morgan fingerprint density at radius 1 is 1.56 bits per heavy atom. The molecule has 0 radical (unpaired) electrons. The molecule has 2 aromatic heterocycles. The number of H-pyrrole nitrogens is 1. The molecule has 0 amide bonds. The Labute approximate surface area is 96.1 Å². The minimum atomic E-state index is -0.578. The summed E-state index contributed by atoms with van der Waals surface area (Å²) < 4.78 is 13.3. The van der Waals surface area contributed by atoms with Crippen molar-refractivity contribution >= 4 is 23.2 Å². The average molecular weight is 242 g/mol. The minimum absolute atomic E-state index is 0.00848. The van der Waals surface area contributed by atoms with E-state index in [0.717, 1.165) is 18.3 Å². The van der Waals surface area contributed by atoms with Gasteiger partial charge in [-0.15, -0.1) is 0 Å². The van der Waals surface area contributed by atoms with Gasteiger partial charge in [0, 0.05) is 11.8 Å². The Hall–Kier alpha value is -1.69. The van der Waals surface area contributed by atoms with Crippen LogP contribution < -0.4 is 5.32 Å². The molecule has 2 aromatic rings. The van der Waals surface area contributed by atoms with Crippen LogP contribution >= 0.6 is 11.6 Å². The summed E-state index contributed by atoms with van der Waals surface area (Å²) in [5.74, 6) is -0.0786. The third-order valence-electron chi connectivity index (χ3n) is 1.97. The van der Waals surface area contributed by atoms with Crippen LogP contribution in [0.15, 0.2) is 12.3 Å². The summed E-state index contributed by atoms with van der Waals surface area (Å²) in [7, 11) is 0. The zero-order valence-electron chi connectivity index (χ0n) is 8.46. The molecule has 16 heavy (non-hydrogen) atoms. The van der Waals surface area contributed by atoms with Gasteiger partial charge in [0.15, 0.2) is 17.5 Å². The summed E-state index contributed by atoms with van der Waals surface area (Å²) in [6.45, 7) is 1.99. The van der Waals surface area contributed by atoms with Crippen LogP contribution in [0.2, 0.25) is 5.28 Å². The van der Waals surface area contributed by atoms with Crippen LogP contribution in [0.25, 0.3) is 0 Å². The normalized spacial score (nSPS) is 10.4. The summed E-state index contributed by atoms with van der Waals surface area (Å²) in [6.07, 6.45) is 1.83. The monoisotopic (exact) mass is 241 g/mol. The lowest BCUT2D eigenvalue weighted by atomic mass is 10.3. The Bertz CT molecular complexity index is 498. The van der Waals surface area contributed by atoms with Crippen molar-refractivity contribution in [2.24, 2.45) is 0 Å². The van der Waals surface area contributed by atoms with E-state index in [1.165, 1.54) is 0 Å². The number of aryl methyl sites for hydroxylation is 1. The third kappa shape index (κ3) is 2.27. The molecule has 0 aliphatic rings. The molecule has 7 heteroatoms. The van der Waals surface area contributed by atoms with Gasteiger partial charge in [-0.3, -0.25) is 5.10 Å². The van der Waals surface area contributed by atoms with Crippen LogP contribution in [0.1, 0.15) is 12.6 Å². The van der Waals surface area contributed by atoms with Crippen molar-refractivity contribution in [2.75, 3.05) is 5.32 Å². The third-order valence-corrected chi connectivity index (χ3v) is 2.16. The van der Waals surface area contributed by atoms with E-state index in [-0.39, 0.29) is 11.1 Å². The first-order valence-corrected chi connectivity index (χ1v) is 5.06. The Balaban J connectivity index is 2.22. The van der Waals surface area contributed by atoms with Crippen molar-refractivity contribution < 1.29 is 4.39 Å². The summed E-state index contributed by atoms with van der Waals surface area (Å²) in [6, 6.07) is 1.77. The fourth-order valence-electron chi connectivity index (χ4n) is 1.16. The molecule has 5 nitrogen and oxygen atoms in total. The average Bonchev–Trinajstić information content (AvgIpc) is 2.71. The highest BCUT2D eigenvalue weighted by atomic mass is 35.5. The maximum absolute atomic E-state index is 13.3. The fourth-order valence-corrected chi connectivity index (χ4v) is 1.29. The summed E-state index contributed by atoms with van der Waals surface area (Å²) in [5.41, 5.74) is 0.947. The number of anilines is 2. The number of nitrogens with zero attached hydrogens (tertiary/aromatic N) is 3. The van der Waals surface area contributed by atoms with Crippen LogP contribution in [0.5, 0.6) is 0 Å². The van der Waals surface area contributed by atoms with E-state index in [1.807, 2.05) is 6.92 Å². The van der Waals surface area contributed by atoms with Gasteiger partial charge in [-0.1, -0.05) is 6.92 Å². The number of rotatable bonds is 3. The van der Waals surface area contributed by atoms with Crippen molar-refractivity contribution in [1.82, 2.24) is 20.2 Å². The highest BCUT2D eigenvalue weighted by Crippen LogP contribution is 2.17. The van der Waals surface area contributed by atoms with E-state index in [2.05, 4.69) is 25.5 Å². The second-order valence-corrected chi connectivity index (χ2v) is 3.43. The summed E-state index contributed by atoms with van der Waals surface area (Å²) in [5, 5.41) is 9.44. The molecule has 0 aliphatic heterocycles. The second kappa shape index (κ2) is 4.44. The smallest absolute Gasteiger partial charge is 0.224 e. The number of hydrogen-bond donors (Lipinski definition) is 2. The largest absolute Gasteiger partial charge is 0.321 e. The maximum Gasteiger partial charge on any atom is 0.224 e. The lowest BCUT2D eigenvalue weighted by Gasteiger charge is -2.02. The molecular formula is C9H9ClFN5. The van der Waals surface area contributed by atoms with Gasteiger partial charge in [-0.05, 0) is 18.0 Å². The van der Waals surface area contributed by atoms with E-state index in [0.29, 0.717) is 5.82 Å².